The summed E-state index contributed by atoms with van der Waals surface area (Å²) in [6.45, 7) is 0.183. The van der Waals surface area contributed by atoms with Crippen molar-refractivity contribution in [3.05, 3.63) is 82.4 Å². The molecule has 2 aliphatic rings. The number of benzene rings is 3. The van der Waals surface area contributed by atoms with Gasteiger partial charge in [0.05, 0.1) is 12.6 Å². The average Bonchev–Trinajstić information content (AvgIpc) is 2.80. The third-order valence-electron chi connectivity index (χ3n) is 6.17. The molecule has 3 aromatic rings. The lowest BCUT2D eigenvalue weighted by molar-refractivity contribution is 0.0427. The zero-order valence-corrected chi connectivity index (χ0v) is 17.6. The Morgan fingerprint density at radius 2 is 1.19 bits per heavy atom. The van der Waals surface area contributed by atoms with Crippen molar-refractivity contribution < 1.29 is 23.9 Å². The summed E-state index contributed by atoms with van der Waals surface area (Å²) in [6, 6.07) is 15.3. The Bertz CT molecular complexity index is 1240. The minimum Gasteiger partial charge on any atom is -0.383 e. The summed E-state index contributed by atoms with van der Waals surface area (Å²) in [5.74, 6) is -1.81. The number of hydrogen-bond donors (Lipinski definition) is 0. The van der Waals surface area contributed by atoms with Gasteiger partial charge >= 0.3 is 0 Å². The summed E-state index contributed by atoms with van der Waals surface area (Å²) in [5, 5.41) is 0.748. The second-order valence-corrected chi connectivity index (χ2v) is 8.02. The third-order valence-corrected chi connectivity index (χ3v) is 6.17. The van der Waals surface area contributed by atoms with Crippen molar-refractivity contribution in [1.29, 1.82) is 0 Å². The predicted molar refractivity (Wildman–Crippen MR) is 117 cm³/mol. The third kappa shape index (κ3) is 2.78. The normalized spacial score (nSPS) is 16.2. The molecule has 4 amide bonds. The Balaban J connectivity index is 1.66. The number of rotatable bonds is 5. The molecular formula is C25H20N2O5. The molecule has 0 saturated heterocycles. The van der Waals surface area contributed by atoms with Crippen LogP contribution in [0, 0.1) is 0 Å². The molecule has 0 bridgehead atoms. The van der Waals surface area contributed by atoms with E-state index in [4.69, 9.17) is 4.74 Å². The van der Waals surface area contributed by atoms with Gasteiger partial charge in [-0.25, -0.2) is 0 Å². The maximum absolute atomic E-state index is 13.5. The molecule has 0 fully saturated rings. The van der Waals surface area contributed by atoms with Crippen molar-refractivity contribution >= 4 is 34.4 Å². The Labute approximate surface area is 184 Å². The molecule has 2 heterocycles. The van der Waals surface area contributed by atoms with Crippen LogP contribution in [-0.2, 0) is 11.2 Å². The van der Waals surface area contributed by atoms with Gasteiger partial charge in [0.15, 0.2) is 0 Å². The minimum absolute atomic E-state index is 0.183. The summed E-state index contributed by atoms with van der Waals surface area (Å²) in [4.78, 5) is 54.7. The van der Waals surface area contributed by atoms with Gasteiger partial charge in [-0.05, 0) is 36.2 Å². The molecule has 0 aromatic heterocycles. The Morgan fingerprint density at radius 1 is 0.719 bits per heavy atom. The first-order valence-electron chi connectivity index (χ1n) is 10.3. The number of ether oxygens (including phenoxy) is 1. The van der Waals surface area contributed by atoms with E-state index in [0.29, 0.717) is 39.4 Å². The molecule has 5 rings (SSSR count). The quantitative estimate of drug-likeness (QED) is 0.584. The van der Waals surface area contributed by atoms with Gasteiger partial charge < -0.3 is 4.74 Å². The summed E-state index contributed by atoms with van der Waals surface area (Å²) in [7, 11) is 2.95. The Kier molecular flexibility index (Phi) is 4.64. The van der Waals surface area contributed by atoms with E-state index in [1.165, 1.54) is 19.1 Å². The standard InChI is InChI=1S/C25H20N2O5/c1-26-22(28)16-8-10-18-21-19(11-9-17(20(16)21)23(26)29)25(31)27(24(18)30)15(13-32-2)12-14-6-4-3-5-7-14/h3-11,15H,12-13H2,1-2H3. The molecular weight excluding hydrogens is 408 g/mol. The predicted octanol–water partition coefficient (Wildman–Crippen LogP) is 2.92. The molecule has 0 spiro atoms. The van der Waals surface area contributed by atoms with Gasteiger partial charge in [0.25, 0.3) is 23.6 Å². The molecule has 0 N–H and O–H groups in total. The number of carbonyl (C=O) groups excluding carboxylic acids is 4. The molecule has 3 aromatic carbocycles. The summed E-state index contributed by atoms with van der Waals surface area (Å²) in [5.41, 5.74) is 2.22. The lowest BCUT2D eigenvalue weighted by atomic mass is 9.85. The van der Waals surface area contributed by atoms with E-state index < -0.39 is 29.7 Å². The fourth-order valence-corrected chi connectivity index (χ4v) is 4.65. The van der Waals surface area contributed by atoms with Crippen LogP contribution in [0.3, 0.4) is 0 Å². The van der Waals surface area contributed by atoms with E-state index in [9.17, 15) is 19.2 Å². The lowest BCUT2D eigenvalue weighted by Gasteiger charge is -2.35. The molecule has 1 atom stereocenters. The van der Waals surface area contributed by atoms with Crippen LogP contribution in [0.5, 0.6) is 0 Å². The van der Waals surface area contributed by atoms with Crippen LogP contribution in [-0.4, -0.2) is 60.2 Å². The van der Waals surface area contributed by atoms with Gasteiger partial charge in [0, 0.05) is 47.2 Å². The van der Waals surface area contributed by atoms with E-state index in [2.05, 4.69) is 0 Å². The molecule has 1 unspecified atom stereocenters. The zero-order chi connectivity index (χ0) is 22.6. The van der Waals surface area contributed by atoms with Crippen LogP contribution in [0.2, 0.25) is 0 Å². The van der Waals surface area contributed by atoms with Gasteiger partial charge in [-0.2, -0.15) is 0 Å². The number of methoxy groups -OCH3 is 1. The van der Waals surface area contributed by atoms with Crippen LogP contribution in [0.4, 0.5) is 0 Å². The summed E-state index contributed by atoms with van der Waals surface area (Å²) < 4.78 is 5.35. The average molecular weight is 428 g/mol. The number of imide groups is 2. The number of carbonyl (C=O) groups is 4. The minimum atomic E-state index is -0.507. The van der Waals surface area contributed by atoms with E-state index in [1.54, 1.807) is 24.3 Å². The Morgan fingerprint density at radius 3 is 1.66 bits per heavy atom. The van der Waals surface area contributed by atoms with Crippen molar-refractivity contribution in [3.63, 3.8) is 0 Å². The van der Waals surface area contributed by atoms with E-state index >= 15 is 0 Å². The number of nitrogens with zero attached hydrogens (tertiary/aromatic N) is 2. The lowest BCUT2D eigenvalue weighted by Crippen LogP contribution is -2.50. The molecule has 0 saturated carbocycles. The topological polar surface area (TPSA) is 84.0 Å². The Hall–Kier alpha value is -3.84. The van der Waals surface area contributed by atoms with Gasteiger partial charge in [0.2, 0.25) is 0 Å². The highest BCUT2D eigenvalue weighted by Crippen LogP contribution is 2.38. The van der Waals surface area contributed by atoms with Crippen LogP contribution >= 0.6 is 0 Å². The van der Waals surface area contributed by atoms with E-state index in [-0.39, 0.29) is 6.61 Å². The molecule has 0 radical (unpaired) electrons. The van der Waals surface area contributed by atoms with Gasteiger partial charge in [-0.3, -0.25) is 29.0 Å². The largest absolute Gasteiger partial charge is 0.383 e. The smallest absolute Gasteiger partial charge is 0.261 e. The van der Waals surface area contributed by atoms with Gasteiger partial charge in [0.1, 0.15) is 0 Å². The maximum atomic E-state index is 13.5. The highest BCUT2D eigenvalue weighted by Gasteiger charge is 2.41. The van der Waals surface area contributed by atoms with Crippen molar-refractivity contribution in [1.82, 2.24) is 9.80 Å². The fraction of sp³-hybridized carbons (Fsp3) is 0.200. The van der Waals surface area contributed by atoms with Gasteiger partial charge in [-0.1, -0.05) is 30.3 Å². The van der Waals surface area contributed by atoms with Gasteiger partial charge in [-0.15, -0.1) is 0 Å². The summed E-state index contributed by atoms with van der Waals surface area (Å²) in [6.07, 6.45) is 0.447. The SMILES string of the molecule is COCC(Cc1ccccc1)N1C(=O)c2ccc3c4c(ccc(c24)C1=O)C(=O)N(C)C3=O. The molecule has 160 valence electrons. The monoisotopic (exact) mass is 428 g/mol. The van der Waals surface area contributed by atoms with Crippen molar-refractivity contribution in [3.8, 4) is 0 Å². The highest BCUT2D eigenvalue weighted by molar-refractivity contribution is 6.33. The molecule has 0 aliphatic carbocycles. The number of amides is 4. The second kappa shape index (κ2) is 7.39. The zero-order valence-electron chi connectivity index (χ0n) is 17.6. The first kappa shape index (κ1) is 20.1. The molecule has 2 aliphatic heterocycles. The van der Waals surface area contributed by atoms with Crippen molar-refractivity contribution in [2.24, 2.45) is 0 Å². The fourth-order valence-electron chi connectivity index (χ4n) is 4.65. The first-order valence-corrected chi connectivity index (χ1v) is 10.3. The maximum Gasteiger partial charge on any atom is 0.261 e. The van der Waals surface area contributed by atoms with Crippen molar-refractivity contribution in [2.45, 2.75) is 12.5 Å². The van der Waals surface area contributed by atoms with Crippen molar-refractivity contribution in [2.75, 3.05) is 20.8 Å². The van der Waals surface area contributed by atoms with E-state index in [1.807, 2.05) is 30.3 Å². The molecule has 7 nitrogen and oxygen atoms in total. The van der Waals surface area contributed by atoms with Crippen LogP contribution < -0.4 is 0 Å². The van der Waals surface area contributed by atoms with Crippen LogP contribution in [0.15, 0.2) is 54.6 Å². The van der Waals surface area contributed by atoms with E-state index in [0.717, 1.165) is 10.5 Å². The second-order valence-electron chi connectivity index (χ2n) is 8.02. The first-order chi connectivity index (χ1) is 15.4. The number of hydrogen-bond acceptors (Lipinski definition) is 5. The molecule has 7 heteroatoms. The highest BCUT2D eigenvalue weighted by atomic mass is 16.5. The molecule has 32 heavy (non-hydrogen) atoms. The van der Waals surface area contributed by atoms with Crippen LogP contribution in [0.1, 0.15) is 47.0 Å². The summed E-state index contributed by atoms with van der Waals surface area (Å²) >= 11 is 0. The van der Waals surface area contributed by atoms with Crippen LogP contribution in [0.25, 0.3) is 10.8 Å².